The van der Waals surface area contributed by atoms with Crippen LogP contribution in [0, 0.1) is 0 Å². The zero-order valence-electron chi connectivity index (χ0n) is 13.6. The molecule has 0 saturated carbocycles. The van der Waals surface area contributed by atoms with E-state index in [-0.39, 0.29) is 54.1 Å². The average Bonchev–Trinajstić information content (AvgIpc) is 2.10. The maximum atomic E-state index is 10.0. The Hall–Kier alpha value is -1.75. The normalized spacial score (nSPS) is 10.9. The Labute approximate surface area is 144 Å². The number of hydrogen-bond acceptors (Lipinski definition) is 6. The van der Waals surface area contributed by atoms with Gasteiger partial charge in [-0.05, 0) is 41.5 Å². The number of hydrogen-bond donors (Lipinski definition) is 3. The van der Waals surface area contributed by atoms with E-state index in [9.17, 15) is 14.4 Å². The smallest absolute Gasteiger partial charge is 0.155 e. The largest absolute Gasteiger partial charge is 0.512 e. The second-order valence-corrected chi connectivity index (χ2v) is 4.19. The zero-order chi connectivity index (χ0) is 17.6. The molecule has 1 radical (unpaired) electrons. The first-order valence-electron chi connectivity index (χ1n) is 6.02. The van der Waals surface area contributed by atoms with Crippen LogP contribution < -0.4 is 0 Å². The van der Waals surface area contributed by atoms with E-state index >= 15 is 0 Å². The Bertz CT molecular complexity index is 368. The summed E-state index contributed by atoms with van der Waals surface area (Å²) >= 11 is 0. The summed E-state index contributed by atoms with van der Waals surface area (Å²) in [6, 6.07) is 0. The van der Waals surface area contributed by atoms with Gasteiger partial charge >= 0.3 is 0 Å². The molecule has 0 atom stereocenters. The van der Waals surface area contributed by atoms with E-state index in [0.29, 0.717) is 0 Å². The van der Waals surface area contributed by atoms with E-state index in [4.69, 9.17) is 15.3 Å². The molecule has 0 unspecified atom stereocenters. The van der Waals surface area contributed by atoms with E-state index in [1.54, 1.807) is 0 Å². The molecule has 6 nitrogen and oxygen atoms in total. The van der Waals surface area contributed by atoms with Gasteiger partial charge in [0.1, 0.15) is 0 Å². The van der Waals surface area contributed by atoms with Crippen molar-refractivity contribution in [3.05, 3.63) is 35.5 Å². The van der Waals surface area contributed by atoms with E-state index in [1.165, 1.54) is 59.8 Å². The van der Waals surface area contributed by atoms with Gasteiger partial charge in [-0.1, -0.05) is 0 Å². The maximum Gasteiger partial charge on any atom is 0.155 e. The van der Waals surface area contributed by atoms with Gasteiger partial charge in [0.2, 0.25) is 0 Å². The number of rotatable bonds is 3. The van der Waals surface area contributed by atoms with Crippen LogP contribution in [-0.2, 0) is 33.9 Å². The fourth-order valence-electron chi connectivity index (χ4n) is 0.882. The van der Waals surface area contributed by atoms with E-state index in [2.05, 4.69) is 0 Å². The van der Waals surface area contributed by atoms with Crippen LogP contribution in [0.2, 0.25) is 0 Å². The summed E-state index contributed by atoms with van der Waals surface area (Å²) in [7, 11) is 0. The van der Waals surface area contributed by atoms with Gasteiger partial charge in [0.05, 0.1) is 17.3 Å². The number of aliphatic hydroxyl groups excluding tert-OH is 3. The van der Waals surface area contributed by atoms with Gasteiger partial charge in [-0.15, -0.1) is 0 Å². The Kier molecular flexibility index (Phi) is 22.4. The van der Waals surface area contributed by atoms with Gasteiger partial charge in [-0.3, -0.25) is 14.4 Å². The number of carbonyl (C=O) groups excluding carboxylic acids is 3. The molecular formula is C15H24O6Rh. The third-order valence-electron chi connectivity index (χ3n) is 1.24. The maximum absolute atomic E-state index is 10.0. The summed E-state index contributed by atoms with van der Waals surface area (Å²) in [5.74, 6) is -0.187. The molecule has 0 rings (SSSR count). The molecule has 0 amide bonds. The molecule has 0 aromatic rings. The zero-order valence-corrected chi connectivity index (χ0v) is 15.3. The predicted molar refractivity (Wildman–Crippen MR) is 81.2 cm³/mol. The number of aliphatic hydroxyl groups is 3. The van der Waals surface area contributed by atoms with Gasteiger partial charge in [-0.2, -0.15) is 0 Å². The third-order valence-corrected chi connectivity index (χ3v) is 1.24. The fourth-order valence-corrected chi connectivity index (χ4v) is 0.882. The molecule has 0 fully saturated rings. The summed E-state index contributed by atoms with van der Waals surface area (Å²) in [6.45, 7) is 8.54. The quantitative estimate of drug-likeness (QED) is 0.379. The second-order valence-electron chi connectivity index (χ2n) is 4.19. The molecule has 7 heteroatoms. The predicted octanol–water partition coefficient (Wildman–Crippen LogP) is 3.11. The Balaban J connectivity index is -0.000000108. The molecule has 0 aromatic heterocycles. The standard InChI is InChI=1S/3C5H8O2.Rh/c3*1-4(6)3-5(2)7;/h3*3,6H,1-2H3;/b4-3+;2*4-3-;. The van der Waals surface area contributed by atoms with Crippen molar-refractivity contribution in [3.8, 4) is 0 Å². The topological polar surface area (TPSA) is 112 Å². The molecule has 0 bridgehead atoms. The molecule has 22 heavy (non-hydrogen) atoms. The summed E-state index contributed by atoms with van der Waals surface area (Å²) in [4.78, 5) is 30.1. The van der Waals surface area contributed by atoms with Crippen molar-refractivity contribution in [1.29, 1.82) is 0 Å². The van der Waals surface area contributed by atoms with Crippen molar-refractivity contribution < 1.29 is 49.2 Å². The molecule has 0 spiro atoms. The van der Waals surface area contributed by atoms with Crippen molar-refractivity contribution >= 4 is 17.3 Å². The van der Waals surface area contributed by atoms with Crippen LogP contribution in [0.15, 0.2) is 35.5 Å². The van der Waals surface area contributed by atoms with E-state index < -0.39 is 0 Å². The van der Waals surface area contributed by atoms with Crippen LogP contribution in [0.5, 0.6) is 0 Å². The molecular weight excluding hydrogens is 379 g/mol. The van der Waals surface area contributed by atoms with Crippen LogP contribution >= 0.6 is 0 Å². The number of carbonyl (C=O) groups is 3. The van der Waals surface area contributed by atoms with Crippen molar-refractivity contribution in [1.82, 2.24) is 0 Å². The fraction of sp³-hybridized carbons (Fsp3) is 0.400. The summed E-state index contributed by atoms with van der Waals surface area (Å²) in [5.41, 5.74) is 0. The summed E-state index contributed by atoms with van der Waals surface area (Å²) < 4.78 is 0. The van der Waals surface area contributed by atoms with Crippen molar-refractivity contribution in [2.75, 3.05) is 0 Å². The summed E-state index contributed by atoms with van der Waals surface area (Å²) in [6.07, 6.45) is 3.50. The van der Waals surface area contributed by atoms with Crippen molar-refractivity contribution in [3.63, 3.8) is 0 Å². The Morgan fingerprint density at radius 3 is 0.682 bits per heavy atom. The molecule has 3 N–H and O–H groups in total. The van der Waals surface area contributed by atoms with Gasteiger partial charge in [0.25, 0.3) is 0 Å². The molecule has 0 saturated heterocycles. The molecule has 0 aliphatic carbocycles. The van der Waals surface area contributed by atoms with Gasteiger partial charge in [0, 0.05) is 37.7 Å². The first-order valence-corrected chi connectivity index (χ1v) is 6.02. The molecule has 0 aliphatic heterocycles. The van der Waals surface area contributed by atoms with Crippen LogP contribution in [-0.4, -0.2) is 32.7 Å². The SMILES string of the molecule is CC(=O)/C=C(/C)O.CC(=O)/C=C(/C)O.CC(=O)/C=C(\C)O.[Rh]. The van der Waals surface area contributed by atoms with Crippen LogP contribution in [0.25, 0.3) is 0 Å². The minimum Gasteiger partial charge on any atom is -0.512 e. The molecule has 0 heterocycles. The first-order chi connectivity index (χ1) is 9.38. The number of allylic oxidation sites excluding steroid dienone is 6. The average molecular weight is 403 g/mol. The Morgan fingerprint density at radius 2 is 0.682 bits per heavy atom. The molecule has 0 aliphatic rings. The summed E-state index contributed by atoms with van der Waals surface area (Å²) in [5, 5.41) is 25.1. The minimum absolute atomic E-state index is 0. The molecule has 129 valence electrons. The monoisotopic (exact) mass is 403 g/mol. The van der Waals surface area contributed by atoms with E-state index in [0.717, 1.165) is 0 Å². The second kappa shape index (κ2) is 17.3. The van der Waals surface area contributed by atoms with Crippen molar-refractivity contribution in [2.45, 2.75) is 41.5 Å². The third kappa shape index (κ3) is 51.7. The van der Waals surface area contributed by atoms with E-state index in [1.807, 2.05) is 0 Å². The van der Waals surface area contributed by atoms with Gasteiger partial charge in [-0.25, -0.2) is 0 Å². The molecule has 0 aromatic carbocycles. The minimum atomic E-state index is -0.125. The Morgan fingerprint density at radius 1 is 0.545 bits per heavy atom. The van der Waals surface area contributed by atoms with Gasteiger partial charge in [0.15, 0.2) is 17.3 Å². The van der Waals surface area contributed by atoms with Gasteiger partial charge < -0.3 is 15.3 Å². The van der Waals surface area contributed by atoms with Crippen LogP contribution in [0.4, 0.5) is 0 Å². The number of ketones is 3. The van der Waals surface area contributed by atoms with Crippen LogP contribution in [0.3, 0.4) is 0 Å². The first kappa shape index (κ1) is 28.4. The van der Waals surface area contributed by atoms with Crippen molar-refractivity contribution in [2.24, 2.45) is 0 Å². The van der Waals surface area contributed by atoms with Crippen LogP contribution in [0.1, 0.15) is 41.5 Å².